The first-order valence-electron chi connectivity index (χ1n) is 7.95. The summed E-state index contributed by atoms with van der Waals surface area (Å²) in [7, 11) is 1.71. The van der Waals surface area contributed by atoms with Gasteiger partial charge in [-0.15, -0.1) is 0 Å². The standard InChI is InChI=1S/C22H17NO/c1-24-22-14-8-6-12-18(22)19-15-21(16-9-3-2-4-10-16)23-20-13-7-5-11-17(19)20/h2-15H,1H3. The van der Waals surface area contributed by atoms with Gasteiger partial charge >= 0.3 is 0 Å². The van der Waals surface area contributed by atoms with E-state index in [0.29, 0.717) is 0 Å². The van der Waals surface area contributed by atoms with Crippen LogP contribution in [0.15, 0.2) is 84.9 Å². The van der Waals surface area contributed by atoms with Crippen LogP contribution in [0.4, 0.5) is 0 Å². The Labute approximate surface area is 141 Å². The van der Waals surface area contributed by atoms with Gasteiger partial charge < -0.3 is 4.74 Å². The summed E-state index contributed by atoms with van der Waals surface area (Å²) in [5.74, 6) is 0.868. The van der Waals surface area contributed by atoms with Gasteiger partial charge in [0.05, 0.1) is 18.3 Å². The normalized spacial score (nSPS) is 10.7. The highest BCUT2D eigenvalue weighted by molar-refractivity contribution is 5.98. The SMILES string of the molecule is COc1ccccc1-c1cc(-c2ccccc2)nc2ccccc12. The highest BCUT2D eigenvalue weighted by Gasteiger charge is 2.12. The van der Waals surface area contributed by atoms with E-state index in [2.05, 4.69) is 36.4 Å². The molecule has 0 saturated heterocycles. The second-order valence-corrected chi connectivity index (χ2v) is 5.64. The molecule has 0 aliphatic rings. The van der Waals surface area contributed by atoms with Crippen LogP contribution in [0.1, 0.15) is 0 Å². The largest absolute Gasteiger partial charge is 0.496 e. The van der Waals surface area contributed by atoms with E-state index in [1.54, 1.807) is 7.11 Å². The number of rotatable bonds is 3. The third-order valence-corrected chi connectivity index (χ3v) is 4.18. The maximum Gasteiger partial charge on any atom is 0.126 e. The van der Waals surface area contributed by atoms with E-state index < -0.39 is 0 Å². The number of para-hydroxylation sites is 2. The number of pyridine rings is 1. The summed E-state index contributed by atoms with van der Waals surface area (Å²) in [5, 5.41) is 1.13. The Hall–Kier alpha value is -3.13. The van der Waals surface area contributed by atoms with Crippen molar-refractivity contribution in [1.29, 1.82) is 0 Å². The fourth-order valence-corrected chi connectivity index (χ4v) is 3.02. The lowest BCUT2D eigenvalue weighted by molar-refractivity contribution is 0.416. The average molecular weight is 311 g/mol. The molecule has 1 aromatic heterocycles. The molecule has 0 atom stereocenters. The van der Waals surface area contributed by atoms with Gasteiger partial charge in [-0.3, -0.25) is 0 Å². The molecule has 0 unspecified atom stereocenters. The van der Waals surface area contributed by atoms with Crippen molar-refractivity contribution in [2.24, 2.45) is 0 Å². The molecule has 0 spiro atoms. The molecule has 0 amide bonds. The Bertz CT molecular complexity index is 993. The zero-order valence-corrected chi connectivity index (χ0v) is 13.4. The van der Waals surface area contributed by atoms with Gasteiger partial charge in [-0.05, 0) is 23.8 Å². The lowest BCUT2D eigenvalue weighted by Crippen LogP contribution is -1.92. The van der Waals surface area contributed by atoms with Gasteiger partial charge in [0.2, 0.25) is 0 Å². The van der Waals surface area contributed by atoms with Crippen LogP contribution in [-0.2, 0) is 0 Å². The van der Waals surface area contributed by atoms with Crippen LogP contribution in [-0.4, -0.2) is 12.1 Å². The Morgan fingerprint density at radius 3 is 2.25 bits per heavy atom. The predicted molar refractivity (Wildman–Crippen MR) is 99.2 cm³/mol. The van der Waals surface area contributed by atoms with Crippen molar-refractivity contribution >= 4 is 10.9 Å². The fourth-order valence-electron chi connectivity index (χ4n) is 3.02. The maximum absolute atomic E-state index is 5.57. The summed E-state index contributed by atoms with van der Waals surface area (Å²) < 4.78 is 5.57. The first kappa shape index (κ1) is 14.5. The Morgan fingerprint density at radius 1 is 0.708 bits per heavy atom. The third kappa shape index (κ3) is 2.52. The van der Waals surface area contributed by atoms with Crippen LogP contribution in [0.25, 0.3) is 33.3 Å². The lowest BCUT2D eigenvalue weighted by atomic mass is 9.97. The Balaban J connectivity index is 2.03. The van der Waals surface area contributed by atoms with E-state index in [4.69, 9.17) is 9.72 Å². The molecule has 4 rings (SSSR count). The smallest absolute Gasteiger partial charge is 0.126 e. The highest BCUT2D eigenvalue weighted by atomic mass is 16.5. The average Bonchev–Trinajstić information content (AvgIpc) is 2.68. The quantitative estimate of drug-likeness (QED) is 0.493. The summed E-state index contributed by atoms with van der Waals surface area (Å²) in [6.07, 6.45) is 0. The fraction of sp³-hybridized carbons (Fsp3) is 0.0455. The van der Waals surface area contributed by atoms with Crippen LogP contribution < -0.4 is 4.74 Å². The van der Waals surface area contributed by atoms with E-state index in [-0.39, 0.29) is 0 Å². The maximum atomic E-state index is 5.57. The highest BCUT2D eigenvalue weighted by Crippen LogP contribution is 2.36. The molecule has 4 aromatic rings. The van der Waals surface area contributed by atoms with Crippen LogP contribution in [0.3, 0.4) is 0 Å². The second-order valence-electron chi connectivity index (χ2n) is 5.64. The number of hydrogen-bond donors (Lipinski definition) is 0. The molecule has 0 N–H and O–H groups in total. The van der Waals surface area contributed by atoms with Crippen molar-refractivity contribution in [3.05, 3.63) is 84.9 Å². The molecule has 0 saturated carbocycles. The molecular formula is C22H17NO. The first-order chi connectivity index (χ1) is 11.9. The zero-order valence-electron chi connectivity index (χ0n) is 13.4. The second kappa shape index (κ2) is 6.17. The third-order valence-electron chi connectivity index (χ3n) is 4.18. The van der Waals surface area contributed by atoms with E-state index in [1.165, 1.54) is 0 Å². The Morgan fingerprint density at radius 2 is 1.42 bits per heavy atom. The molecule has 0 bridgehead atoms. The van der Waals surface area contributed by atoms with E-state index in [9.17, 15) is 0 Å². The van der Waals surface area contributed by atoms with Crippen molar-refractivity contribution in [3.63, 3.8) is 0 Å². The van der Waals surface area contributed by atoms with Crippen molar-refractivity contribution in [2.75, 3.05) is 7.11 Å². The van der Waals surface area contributed by atoms with Gasteiger partial charge in [0, 0.05) is 16.5 Å². The topological polar surface area (TPSA) is 22.1 Å². The molecule has 0 aliphatic heterocycles. The molecule has 116 valence electrons. The predicted octanol–water partition coefficient (Wildman–Crippen LogP) is 5.58. The van der Waals surface area contributed by atoms with Crippen molar-refractivity contribution in [1.82, 2.24) is 4.98 Å². The van der Waals surface area contributed by atoms with Crippen LogP contribution in [0, 0.1) is 0 Å². The van der Waals surface area contributed by atoms with E-state index in [1.807, 2.05) is 48.5 Å². The zero-order chi connectivity index (χ0) is 16.4. The summed E-state index contributed by atoms with van der Waals surface area (Å²) in [4.78, 5) is 4.85. The number of hydrogen-bond acceptors (Lipinski definition) is 2. The molecule has 3 aromatic carbocycles. The monoisotopic (exact) mass is 311 g/mol. The van der Waals surface area contributed by atoms with Crippen LogP contribution >= 0.6 is 0 Å². The molecule has 0 radical (unpaired) electrons. The number of aromatic nitrogens is 1. The minimum Gasteiger partial charge on any atom is -0.496 e. The van der Waals surface area contributed by atoms with Gasteiger partial charge in [-0.1, -0.05) is 66.7 Å². The summed E-state index contributed by atoms with van der Waals surface area (Å²) in [6, 6.07) is 28.8. The molecule has 2 nitrogen and oxygen atoms in total. The van der Waals surface area contributed by atoms with Gasteiger partial charge in [-0.25, -0.2) is 4.98 Å². The molecule has 24 heavy (non-hydrogen) atoms. The van der Waals surface area contributed by atoms with Gasteiger partial charge in [0.15, 0.2) is 0 Å². The first-order valence-corrected chi connectivity index (χ1v) is 7.95. The van der Waals surface area contributed by atoms with E-state index in [0.717, 1.165) is 39.0 Å². The summed E-state index contributed by atoms with van der Waals surface area (Å²) >= 11 is 0. The molecule has 0 fully saturated rings. The number of fused-ring (bicyclic) bond motifs is 1. The number of benzene rings is 3. The minimum atomic E-state index is 0.868. The van der Waals surface area contributed by atoms with Crippen LogP contribution in [0.2, 0.25) is 0 Å². The van der Waals surface area contributed by atoms with Crippen molar-refractivity contribution < 1.29 is 4.74 Å². The molecular weight excluding hydrogens is 294 g/mol. The number of methoxy groups -OCH3 is 1. The number of ether oxygens (including phenoxy) is 1. The summed E-state index contributed by atoms with van der Waals surface area (Å²) in [6.45, 7) is 0. The van der Waals surface area contributed by atoms with Gasteiger partial charge in [-0.2, -0.15) is 0 Å². The summed E-state index contributed by atoms with van der Waals surface area (Å²) in [5.41, 5.74) is 5.28. The van der Waals surface area contributed by atoms with Crippen LogP contribution in [0.5, 0.6) is 5.75 Å². The molecule has 2 heteroatoms. The minimum absolute atomic E-state index is 0.868. The van der Waals surface area contributed by atoms with E-state index >= 15 is 0 Å². The van der Waals surface area contributed by atoms with Crippen molar-refractivity contribution in [2.45, 2.75) is 0 Å². The van der Waals surface area contributed by atoms with Gasteiger partial charge in [0.1, 0.15) is 5.75 Å². The molecule has 0 aliphatic carbocycles. The van der Waals surface area contributed by atoms with Crippen molar-refractivity contribution in [3.8, 4) is 28.1 Å². The lowest BCUT2D eigenvalue weighted by Gasteiger charge is -2.13. The van der Waals surface area contributed by atoms with Gasteiger partial charge in [0.25, 0.3) is 0 Å². The number of nitrogens with zero attached hydrogens (tertiary/aromatic N) is 1. The molecule has 1 heterocycles. The Kier molecular flexibility index (Phi) is 3.72.